The van der Waals surface area contributed by atoms with Crippen LogP contribution in [0.4, 0.5) is 0 Å². The monoisotopic (exact) mass is 204 g/mol. The Morgan fingerprint density at radius 2 is 1.80 bits per heavy atom. The molecule has 0 aliphatic heterocycles. The van der Waals surface area contributed by atoms with Gasteiger partial charge in [-0.05, 0) is 68.1 Å². The molecule has 0 aromatic heterocycles. The maximum Gasteiger partial charge on any atom is -0.0207 e. The van der Waals surface area contributed by atoms with Crippen LogP contribution in [0.3, 0.4) is 0 Å². The molecule has 84 valence electrons. The summed E-state index contributed by atoms with van der Waals surface area (Å²) in [6, 6.07) is 0. The zero-order valence-corrected chi connectivity index (χ0v) is 10.6. The number of hydrogen-bond donors (Lipinski definition) is 0. The lowest BCUT2D eigenvalue weighted by Gasteiger charge is -2.34. The van der Waals surface area contributed by atoms with Crippen LogP contribution in [0, 0.1) is 28.6 Å². The molecule has 4 saturated carbocycles. The zero-order chi connectivity index (χ0) is 10.8. The molecule has 0 aromatic carbocycles. The van der Waals surface area contributed by atoms with E-state index in [-0.39, 0.29) is 0 Å². The number of hydrogen-bond acceptors (Lipinski definition) is 0. The van der Waals surface area contributed by atoms with Crippen LogP contribution in [-0.2, 0) is 0 Å². The van der Waals surface area contributed by atoms with Crippen molar-refractivity contribution in [2.24, 2.45) is 28.6 Å². The molecular weight excluding hydrogens is 180 g/mol. The van der Waals surface area contributed by atoms with Gasteiger partial charge < -0.3 is 0 Å². The van der Waals surface area contributed by atoms with Crippen LogP contribution in [-0.4, -0.2) is 0 Å². The third kappa shape index (κ3) is 0.990. The molecule has 0 N–H and O–H groups in total. The Morgan fingerprint density at radius 1 is 1.20 bits per heavy atom. The molecule has 4 aliphatic carbocycles. The molecule has 0 saturated heterocycles. The van der Waals surface area contributed by atoms with E-state index in [9.17, 15) is 0 Å². The van der Waals surface area contributed by atoms with Crippen molar-refractivity contribution in [1.29, 1.82) is 0 Å². The van der Waals surface area contributed by atoms with Gasteiger partial charge in [-0.2, -0.15) is 0 Å². The molecule has 4 rings (SSSR count). The first-order chi connectivity index (χ1) is 7.00. The normalized spacial score (nSPS) is 54.5. The van der Waals surface area contributed by atoms with Gasteiger partial charge in [0.15, 0.2) is 0 Å². The Bertz CT molecular complexity index is 309. The van der Waals surface area contributed by atoms with Crippen LogP contribution >= 0.6 is 0 Å². The van der Waals surface area contributed by atoms with E-state index in [1.807, 2.05) is 0 Å². The molecular formula is C15H24. The average Bonchev–Trinajstić information content (AvgIpc) is 2.53. The Kier molecular flexibility index (Phi) is 1.79. The fraction of sp³-hybridized carbons (Fsp3) is 0.867. The predicted molar refractivity (Wildman–Crippen MR) is 64.6 cm³/mol. The first-order valence-electron chi connectivity index (χ1n) is 6.63. The summed E-state index contributed by atoms with van der Waals surface area (Å²) in [5.41, 5.74) is 2.93. The fourth-order valence-electron chi connectivity index (χ4n) is 5.17. The molecule has 0 amide bonds. The maximum absolute atomic E-state index is 2.59. The minimum Gasteiger partial charge on any atom is -0.0859 e. The molecule has 4 bridgehead atoms. The lowest BCUT2D eigenvalue weighted by molar-refractivity contribution is 0.155. The third-order valence-corrected chi connectivity index (χ3v) is 6.34. The Balaban J connectivity index is 1.73. The lowest BCUT2D eigenvalue weighted by atomic mass is 9.71. The van der Waals surface area contributed by atoms with E-state index < -0.39 is 0 Å². The summed E-state index contributed by atoms with van der Waals surface area (Å²) in [5, 5.41) is 0. The van der Waals surface area contributed by atoms with E-state index in [1.54, 1.807) is 12.8 Å². The summed E-state index contributed by atoms with van der Waals surface area (Å²) < 4.78 is 0. The van der Waals surface area contributed by atoms with Crippen molar-refractivity contribution in [1.82, 2.24) is 0 Å². The first kappa shape index (κ1) is 9.93. The average molecular weight is 204 g/mol. The Morgan fingerprint density at radius 3 is 2.20 bits per heavy atom. The molecule has 0 heteroatoms. The molecule has 4 fully saturated rings. The van der Waals surface area contributed by atoms with Gasteiger partial charge in [0.1, 0.15) is 0 Å². The minimum atomic E-state index is 0.689. The Hall–Kier alpha value is -0.260. The second-order valence-corrected chi connectivity index (χ2v) is 6.90. The first-order valence-corrected chi connectivity index (χ1v) is 6.63. The van der Waals surface area contributed by atoms with E-state index in [2.05, 4.69) is 33.8 Å². The zero-order valence-electron chi connectivity index (χ0n) is 10.6. The summed E-state index contributed by atoms with van der Waals surface area (Å²) in [6.07, 6.45) is 8.30. The second-order valence-electron chi connectivity index (χ2n) is 6.90. The van der Waals surface area contributed by atoms with Crippen molar-refractivity contribution >= 4 is 0 Å². The summed E-state index contributed by atoms with van der Waals surface area (Å²) in [7, 11) is 0. The topological polar surface area (TPSA) is 0 Å². The minimum absolute atomic E-state index is 0.689. The van der Waals surface area contributed by atoms with Crippen molar-refractivity contribution in [3.8, 4) is 0 Å². The van der Waals surface area contributed by atoms with E-state index >= 15 is 0 Å². The maximum atomic E-state index is 2.59. The van der Waals surface area contributed by atoms with E-state index in [0.29, 0.717) is 5.41 Å². The van der Waals surface area contributed by atoms with Gasteiger partial charge in [0, 0.05) is 0 Å². The third-order valence-electron chi connectivity index (χ3n) is 6.34. The quantitative estimate of drug-likeness (QED) is 0.597. The van der Waals surface area contributed by atoms with Gasteiger partial charge >= 0.3 is 0 Å². The largest absolute Gasteiger partial charge is 0.0859 e. The highest BCUT2D eigenvalue weighted by Gasteiger charge is 2.80. The van der Waals surface area contributed by atoms with Gasteiger partial charge in [-0.15, -0.1) is 0 Å². The molecule has 15 heavy (non-hydrogen) atoms. The highest BCUT2D eigenvalue weighted by Crippen LogP contribution is 2.86. The fourth-order valence-corrected chi connectivity index (χ4v) is 5.17. The van der Waals surface area contributed by atoms with E-state index in [0.717, 1.165) is 23.2 Å². The SMILES string of the molecule is CC(C)=CCCC1(C)C2CC3[C@@H](C2)[C@]31C. The van der Waals surface area contributed by atoms with Crippen molar-refractivity contribution in [3.63, 3.8) is 0 Å². The van der Waals surface area contributed by atoms with Crippen LogP contribution in [0.15, 0.2) is 11.6 Å². The smallest absolute Gasteiger partial charge is 0.0207 e. The lowest BCUT2D eigenvalue weighted by Crippen LogP contribution is -2.26. The number of rotatable bonds is 3. The van der Waals surface area contributed by atoms with Crippen molar-refractivity contribution in [2.45, 2.75) is 53.4 Å². The highest BCUT2D eigenvalue weighted by molar-refractivity contribution is 5.28. The molecule has 0 aromatic rings. The standard InChI is InChI=1S/C15H24/c1-10(2)6-5-7-14(3)11-8-12-13(9-11)15(12,14)4/h6,11-13H,5,7-9H2,1-4H3/t11?,12-,13?,14?,15-/m1/s1. The van der Waals surface area contributed by atoms with Crippen molar-refractivity contribution in [3.05, 3.63) is 11.6 Å². The highest BCUT2D eigenvalue weighted by atomic mass is 14.8. The van der Waals surface area contributed by atoms with Gasteiger partial charge in [0.2, 0.25) is 0 Å². The summed E-state index contributed by atoms with van der Waals surface area (Å²) >= 11 is 0. The molecule has 0 nitrogen and oxygen atoms in total. The molecule has 0 radical (unpaired) electrons. The molecule has 0 heterocycles. The van der Waals surface area contributed by atoms with Crippen LogP contribution in [0.5, 0.6) is 0 Å². The van der Waals surface area contributed by atoms with Crippen LogP contribution in [0.25, 0.3) is 0 Å². The Labute approximate surface area is 94.1 Å². The summed E-state index contributed by atoms with van der Waals surface area (Å²) in [5.74, 6) is 3.32. The predicted octanol–water partition coefficient (Wildman–Crippen LogP) is 4.42. The molecule has 4 aliphatic rings. The summed E-state index contributed by atoms with van der Waals surface area (Å²) in [6.45, 7) is 9.61. The second kappa shape index (κ2) is 2.70. The van der Waals surface area contributed by atoms with E-state index in [1.165, 1.54) is 18.4 Å². The van der Waals surface area contributed by atoms with Crippen molar-refractivity contribution < 1.29 is 0 Å². The van der Waals surface area contributed by atoms with Crippen LogP contribution in [0.2, 0.25) is 0 Å². The van der Waals surface area contributed by atoms with Crippen LogP contribution in [0.1, 0.15) is 53.4 Å². The summed E-state index contributed by atoms with van der Waals surface area (Å²) in [4.78, 5) is 0. The van der Waals surface area contributed by atoms with Crippen LogP contribution < -0.4 is 0 Å². The molecule has 3 unspecified atom stereocenters. The van der Waals surface area contributed by atoms with Crippen molar-refractivity contribution in [2.75, 3.05) is 0 Å². The molecule has 5 atom stereocenters. The van der Waals surface area contributed by atoms with E-state index in [4.69, 9.17) is 0 Å². The van der Waals surface area contributed by atoms with Gasteiger partial charge in [-0.25, -0.2) is 0 Å². The van der Waals surface area contributed by atoms with Gasteiger partial charge in [0.25, 0.3) is 0 Å². The van der Waals surface area contributed by atoms with Gasteiger partial charge in [-0.3, -0.25) is 0 Å². The van der Waals surface area contributed by atoms with Gasteiger partial charge in [-0.1, -0.05) is 25.5 Å². The van der Waals surface area contributed by atoms with Gasteiger partial charge in [0.05, 0.1) is 0 Å². The molecule has 0 spiro atoms. The number of allylic oxidation sites excluding steroid dienone is 2.